The summed E-state index contributed by atoms with van der Waals surface area (Å²) < 4.78 is 1.16. The third kappa shape index (κ3) is 3.38. The quantitative estimate of drug-likeness (QED) is 0.556. The average Bonchev–Trinajstić information content (AvgIpc) is 3.35. The van der Waals surface area contributed by atoms with Gasteiger partial charge in [-0.2, -0.15) is 4.68 Å². The van der Waals surface area contributed by atoms with Crippen LogP contribution in [0.5, 0.6) is 0 Å². The van der Waals surface area contributed by atoms with Gasteiger partial charge in [0.05, 0.1) is 5.39 Å². The minimum atomic E-state index is -0.752. The number of nitrogens with one attached hydrogen (secondary N) is 1. The van der Waals surface area contributed by atoms with Crippen molar-refractivity contribution in [3.05, 3.63) is 58.3 Å². The second-order valence-electron chi connectivity index (χ2n) is 5.79. The molecule has 3 aromatic heterocycles. The number of hydrogen-bond acceptors (Lipinski definition) is 7. The van der Waals surface area contributed by atoms with Crippen LogP contribution in [-0.2, 0) is 4.79 Å². The number of benzene rings is 1. The lowest BCUT2D eigenvalue weighted by Crippen LogP contribution is -2.35. The van der Waals surface area contributed by atoms with Crippen molar-refractivity contribution >= 4 is 43.9 Å². The number of rotatable bonds is 5. The molecule has 0 aliphatic rings. The van der Waals surface area contributed by atoms with Gasteiger partial charge in [-0.15, -0.1) is 27.8 Å². The number of aromatic nitrogens is 4. The molecule has 0 aliphatic heterocycles. The van der Waals surface area contributed by atoms with E-state index in [0.29, 0.717) is 21.8 Å². The van der Waals surface area contributed by atoms with Crippen molar-refractivity contribution in [2.45, 2.75) is 19.4 Å². The molecule has 0 spiro atoms. The molecule has 0 radical (unpaired) electrons. The van der Waals surface area contributed by atoms with Gasteiger partial charge in [-0.25, -0.2) is 4.98 Å². The Morgan fingerprint density at radius 3 is 2.81 bits per heavy atom. The Morgan fingerprint density at radius 1 is 1.30 bits per heavy atom. The van der Waals surface area contributed by atoms with Gasteiger partial charge in [-0.05, 0) is 18.1 Å². The van der Waals surface area contributed by atoms with Crippen LogP contribution in [-0.4, -0.2) is 25.9 Å². The smallest absolute Gasteiger partial charge is 0.279 e. The minimum absolute atomic E-state index is 0.320. The molecule has 9 heteroatoms. The van der Waals surface area contributed by atoms with E-state index in [9.17, 15) is 9.59 Å². The lowest BCUT2D eigenvalue weighted by atomic mass is 10.2. The fourth-order valence-corrected chi connectivity index (χ4v) is 4.26. The van der Waals surface area contributed by atoms with Crippen molar-refractivity contribution in [3.63, 3.8) is 0 Å². The molecule has 1 amide bonds. The fourth-order valence-electron chi connectivity index (χ4n) is 2.75. The Hall–Kier alpha value is -2.91. The van der Waals surface area contributed by atoms with Crippen LogP contribution in [0.15, 0.2) is 52.8 Å². The Balaban J connectivity index is 1.72. The van der Waals surface area contributed by atoms with E-state index in [2.05, 4.69) is 20.6 Å². The minimum Gasteiger partial charge on any atom is -0.300 e. The third-order valence-electron chi connectivity index (χ3n) is 4.09. The first-order valence-corrected chi connectivity index (χ1v) is 10.0. The van der Waals surface area contributed by atoms with Crippen molar-refractivity contribution in [1.29, 1.82) is 0 Å². The van der Waals surface area contributed by atoms with Gasteiger partial charge in [-0.1, -0.05) is 42.5 Å². The molecule has 7 nitrogen and oxygen atoms in total. The number of amides is 1. The van der Waals surface area contributed by atoms with Crippen LogP contribution in [0.3, 0.4) is 0 Å². The maximum Gasteiger partial charge on any atom is 0.279 e. The lowest BCUT2D eigenvalue weighted by Gasteiger charge is -2.14. The SMILES string of the molecule is CCC(C(=O)Nc1nccs1)n1nnc2sc(-c3ccccc3)cc2c1=O. The topological polar surface area (TPSA) is 89.8 Å². The zero-order valence-corrected chi connectivity index (χ0v) is 16.0. The molecule has 0 fully saturated rings. The summed E-state index contributed by atoms with van der Waals surface area (Å²) in [6.07, 6.45) is 2.02. The fraction of sp³-hybridized carbons (Fsp3) is 0.167. The summed E-state index contributed by atoms with van der Waals surface area (Å²) in [7, 11) is 0. The number of thiophene rings is 1. The summed E-state index contributed by atoms with van der Waals surface area (Å²) in [6.45, 7) is 1.83. The summed E-state index contributed by atoms with van der Waals surface area (Å²) in [4.78, 5) is 31.1. The van der Waals surface area contributed by atoms with Gasteiger partial charge < -0.3 is 5.32 Å². The first kappa shape index (κ1) is 17.5. The monoisotopic (exact) mass is 397 g/mol. The van der Waals surface area contributed by atoms with Gasteiger partial charge in [0.2, 0.25) is 0 Å². The van der Waals surface area contributed by atoms with E-state index in [1.807, 2.05) is 43.3 Å². The highest BCUT2D eigenvalue weighted by molar-refractivity contribution is 7.21. The maximum absolute atomic E-state index is 13.0. The average molecular weight is 397 g/mol. The first-order chi connectivity index (χ1) is 13.2. The van der Waals surface area contributed by atoms with E-state index in [0.717, 1.165) is 15.1 Å². The number of nitrogens with zero attached hydrogens (tertiary/aromatic N) is 4. The van der Waals surface area contributed by atoms with Crippen LogP contribution < -0.4 is 10.9 Å². The van der Waals surface area contributed by atoms with E-state index < -0.39 is 6.04 Å². The van der Waals surface area contributed by atoms with E-state index in [1.54, 1.807) is 11.6 Å². The second kappa shape index (κ2) is 7.37. The first-order valence-electron chi connectivity index (χ1n) is 8.32. The van der Waals surface area contributed by atoms with Gasteiger partial charge in [0.15, 0.2) is 9.96 Å². The van der Waals surface area contributed by atoms with Crippen LogP contribution in [0.2, 0.25) is 0 Å². The molecule has 0 saturated carbocycles. The molecular formula is C18H15N5O2S2. The van der Waals surface area contributed by atoms with E-state index in [1.165, 1.54) is 22.7 Å². The second-order valence-corrected chi connectivity index (χ2v) is 7.71. The van der Waals surface area contributed by atoms with Crippen LogP contribution >= 0.6 is 22.7 Å². The highest BCUT2D eigenvalue weighted by Gasteiger charge is 2.23. The number of anilines is 1. The highest BCUT2D eigenvalue weighted by atomic mass is 32.1. The zero-order chi connectivity index (χ0) is 18.8. The van der Waals surface area contributed by atoms with Crippen LogP contribution in [0.25, 0.3) is 20.7 Å². The Labute approximate surface area is 162 Å². The van der Waals surface area contributed by atoms with Crippen molar-refractivity contribution in [1.82, 2.24) is 20.0 Å². The normalized spacial score (nSPS) is 12.2. The molecule has 4 rings (SSSR count). The molecule has 27 heavy (non-hydrogen) atoms. The number of thiazole rings is 1. The van der Waals surface area contributed by atoms with Crippen molar-refractivity contribution < 1.29 is 4.79 Å². The molecule has 0 bridgehead atoms. The molecule has 0 saturated heterocycles. The predicted molar refractivity (Wildman–Crippen MR) is 107 cm³/mol. The summed E-state index contributed by atoms with van der Waals surface area (Å²) in [5.41, 5.74) is 0.694. The Bertz CT molecular complexity index is 1140. The Kier molecular flexibility index (Phi) is 4.78. The summed E-state index contributed by atoms with van der Waals surface area (Å²) in [5, 5.41) is 13.6. The molecule has 1 aromatic carbocycles. The third-order valence-corrected chi connectivity index (χ3v) is 5.85. The standard InChI is InChI=1S/C18H15N5O2S2/c1-2-13(15(24)20-18-19-8-9-26-18)23-17(25)12-10-14(27-16(12)21-22-23)11-6-4-3-5-7-11/h3-10,13H,2H2,1H3,(H,19,20,24). The zero-order valence-electron chi connectivity index (χ0n) is 14.3. The lowest BCUT2D eigenvalue weighted by molar-refractivity contribution is -0.119. The molecule has 136 valence electrons. The van der Waals surface area contributed by atoms with Crippen molar-refractivity contribution in [2.75, 3.05) is 5.32 Å². The van der Waals surface area contributed by atoms with E-state index in [-0.39, 0.29) is 11.5 Å². The van der Waals surface area contributed by atoms with E-state index in [4.69, 9.17) is 0 Å². The highest BCUT2D eigenvalue weighted by Crippen LogP contribution is 2.30. The number of carbonyl (C=O) groups excluding carboxylic acids is 1. The van der Waals surface area contributed by atoms with Gasteiger partial charge >= 0.3 is 0 Å². The maximum atomic E-state index is 13.0. The number of carbonyl (C=O) groups is 1. The van der Waals surface area contributed by atoms with Gasteiger partial charge in [0.25, 0.3) is 11.5 Å². The molecule has 1 atom stereocenters. The molecule has 1 N–H and O–H groups in total. The molecule has 1 unspecified atom stereocenters. The van der Waals surface area contributed by atoms with Crippen molar-refractivity contribution in [3.8, 4) is 10.4 Å². The molecule has 0 aliphatic carbocycles. The molecule has 3 heterocycles. The molecule has 4 aromatic rings. The summed E-state index contributed by atoms with van der Waals surface area (Å²) in [5.74, 6) is -0.332. The van der Waals surface area contributed by atoms with Gasteiger partial charge in [0.1, 0.15) is 6.04 Å². The Morgan fingerprint density at radius 2 is 2.11 bits per heavy atom. The predicted octanol–water partition coefficient (Wildman–Crippen LogP) is 3.57. The number of fused-ring (bicyclic) bond motifs is 1. The van der Waals surface area contributed by atoms with Crippen LogP contribution in [0, 0.1) is 0 Å². The van der Waals surface area contributed by atoms with E-state index >= 15 is 0 Å². The van der Waals surface area contributed by atoms with Crippen LogP contribution in [0.1, 0.15) is 19.4 Å². The van der Waals surface area contributed by atoms with Crippen LogP contribution in [0.4, 0.5) is 5.13 Å². The van der Waals surface area contributed by atoms with Gasteiger partial charge in [-0.3, -0.25) is 9.59 Å². The summed E-state index contributed by atoms with van der Waals surface area (Å²) in [6, 6.07) is 10.8. The number of hydrogen-bond donors (Lipinski definition) is 1. The summed E-state index contributed by atoms with van der Waals surface area (Å²) >= 11 is 2.73. The van der Waals surface area contributed by atoms with Crippen molar-refractivity contribution in [2.24, 2.45) is 0 Å². The molecular weight excluding hydrogens is 382 g/mol. The van der Waals surface area contributed by atoms with Gasteiger partial charge in [0, 0.05) is 16.5 Å². The largest absolute Gasteiger partial charge is 0.300 e.